The van der Waals surface area contributed by atoms with E-state index in [9.17, 15) is 15.0 Å². The van der Waals surface area contributed by atoms with E-state index in [0.717, 1.165) is 13.0 Å². The topological polar surface area (TPSA) is 143 Å². The summed E-state index contributed by atoms with van der Waals surface area (Å²) in [6, 6.07) is 12.9. The fourth-order valence-electron chi connectivity index (χ4n) is 9.39. The maximum Gasteiger partial charge on any atom is 0.417 e. The van der Waals surface area contributed by atoms with Gasteiger partial charge in [0, 0.05) is 30.6 Å². The molecule has 2 aromatic heterocycles. The molecule has 4 aliphatic rings. The second-order valence-electron chi connectivity index (χ2n) is 16.8. The molecule has 1 amide bonds. The smallest absolute Gasteiger partial charge is 0.417 e. The third-order valence-corrected chi connectivity index (χ3v) is 12.9. The van der Waals surface area contributed by atoms with Crippen molar-refractivity contribution in [3.63, 3.8) is 0 Å². The van der Waals surface area contributed by atoms with Gasteiger partial charge in [-0.1, -0.05) is 24.3 Å². The average molecular weight is 877 g/mol. The highest BCUT2D eigenvalue weighted by Gasteiger charge is 2.53. The molecule has 1 aliphatic carbocycles. The molecule has 2 N–H and O–H groups in total. The van der Waals surface area contributed by atoms with E-state index in [2.05, 4.69) is 9.97 Å². The summed E-state index contributed by atoms with van der Waals surface area (Å²) in [5.74, 6) is -1.43. The van der Waals surface area contributed by atoms with Crippen LogP contribution in [-0.2, 0) is 19.3 Å². The largest absolute Gasteiger partial charge is 0.497 e. The monoisotopic (exact) mass is 876 g/mol. The first-order valence-corrected chi connectivity index (χ1v) is 20.6. The molecular formula is C45H45F5N6O7. The van der Waals surface area contributed by atoms with Crippen molar-refractivity contribution in [2.75, 3.05) is 43.8 Å². The Morgan fingerprint density at radius 1 is 0.952 bits per heavy atom. The van der Waals surface area contributed by atoms with Gasteiger partial charge in [-0.2, -0.15) is 23.1 Å². The zero-order valence-electron chi connectivity index (χ0n) is 34.9. The summed E-state index contributed by atoms with van der Waals surface area (Å²) < 4.78 is 104. The van der Waals surface area contributed by atoms with Gasteiger partial charge in [-0.15, -0.1) is 0 Å². The normalized spacial score (nSPS) is 20.8. The number of aliphatic hydroxyl groups excluding tert-OH is 1. The van der Waals surface area contributed by atoms with Crippen LogP contribution in [0.4, 0.5) is 38.3 Å². The van der Waals surface area contributed by atoms with E-state index in [0.29, 0.717) is 48.3 Å². The van der Waals surface area contributed by atoms with Crippen molar-refractivity contribution in [1.82, 2.24) is 19.9 Å². The summed E-state index contributed by atoms with van der Waals surface area (Å²) >= 11 is 0. The summed E-state index contributed by atoms with van der Waals surface area (Å²) in [5, 5.41) is 20.2. The van der Waals surface area contributed by atoms with Crippen LogP contribution in [0.1, 0.15) is 54.9 Å². The number of aromatic nitrogens is 3. The van der Waals surface area contributed by atoms with Gasteiger partial charge in [-0.3, -0.25) is 4.90 Å². The first kappa shape index (κ1) is 42.1. The fourth-order valence-corrected chi connectivity index (χ4v) is 9.39. The van der Waals surface area contributed by atoms with Gasteiger partial charge in [0.05, 0.1) is 56.8 Å². The number of fused-ring (bicyclic) bond motifs is 5. The third kappa shape index (κ3) is 7.50. The molecule has 13 nitrogen and oxygen atoms in total. The number of ether oxygens (including phenoxy) is 4. The van der Waals surface area contributed by atoms with Crippen LogP contribution in [0.15, 0.2) is 54.6 Å². The molecule has 4 atom stereocenters. The van der Waals surface area contributed by atoms with Crippen molar-refractivity contribution < 1.29 is 55.9 Å². The molecule has 63 heavy (non-hydrogen) atoms. The van der Waals surface area contributed by atoms with Crippen LogP contribution in [0, 0.1) is 24.0 Å². The highest BCUT2D eigenvalue weighted by atomic mass is 19.4. The molecule has 5 heterocycles. The van der Waals surface area contributed by atoms with Gasteiger partial charge >= 0.3 is 18.3 Å². The quantitative estimate of drug-likeness (QED) is 0.117. The van der Waals surface area contributed by atoms with Crippen molar-refractivity contribution in [2.24, 2.45) is 5.41 Å². The van der Waals surface area contributed by atoms with Gasteiger partial charge in [0.2, 0.25) is 5.88 Å². The molecule has 0 radical (unpaired) electrons. The molecule has 18 heteroatoms. The van der Waals surface area contributed by atoms with Crippen LogP contribution in [0.5, 0.6) is 23.4 Å². The van der Waals surface area contributed by atoms with Crippen molar-refractivity contribution in [3.8, 4) is 34.6 Å². The van der Waals surface area contributed by atoms with E-state index in [4.69, 9.17) is 23.9 Å². The van der Waals surface area contributed by atoms with Crippen LogP contribution in [0.2, 0.25) is 0 Å². The number of piperazine rings is 1. The summed E-state index contributed by atoms with van der Waals surface area (Å²) in [4.78, 5) is 31.0. The Labute approximate surface area is 359 Å². The molecule has 332 valence electrons. The number of rotatable bonds is 12. The zero-order chi connectivity index (χ0) is 44.5. The highest BCUT2D eigenvalue weighted by Crippen LogP contribution is 2.50. The number of carboxylic acid groups (broad SMARTS) is 1. The Hall–Kier alpha value is -6.17. The molecule has 3 fully saturated rings. The Balaban J connectivity index is 1.24. The summed E-state index contributed by atoms with van der Waals surface area (Å²) in [5.41, 5.74) is -3.65. The van der Waals surface area contributed by atoms with Crippen molar-refractivity contribution >= 4 is 28.5 Å². The maximum atomic E-state index is 17.7. The SMILES string of the molecule is COc1ccc(CN(Cc2ccc(OC)cc2)c2cc(-c3nc4c5c(nc(OCC6(CO)CC6)nc5c3F)N3C[C@H]5CC[C@@H]([C@H]3[C@H](C)O4)N5C(=O)O)c(C(F)(F)F)c(C)c2F)cc1. The van der Waals surface area contributed by atoms with Crippen LogP contribution >= 0.6 is 0 Å². The lowest BCUT2D eigenvalue weighted by Gasteiger charge is -2.47. The first-order valence-electron chi connectivity index (χ1n) is 20.6. The molecule has 2 saturated heterocycles. The van der Waals surface area contributed by atoms with Crippen LogP contribution in [0.25, 0.3) is 22.2 Å². The molecule has 0 unspecified atom stereocenters. The van der Waals surface area contributed by atoms with Gasteiger partial charge in [0.1, 0.15) is 45.8 Å². The van der Waals surface area contributed by atoms with Crippen molar-refractivity contribution in [1.29, 1.82) is 0 Å². The van der Waals surface area contributed by atoms with E-state index in [1.165, 1.54) is 19.1 Å². The number of pyridine rings is 1. The lowest BCUT2D eigenvalue weighted by Crippen LogP contribution is -2.64. The Bertz CT molecular complexity index is 2530. The number of halogens is 5. The Morgan fingerprint density at radius 2 is 1.59 bits per heavy atom. The van der Waals surface area contributed by atoms with E-state index in [-0.39, 0.29) is 61.6 Å². The maximum absolute atomic E-state index is 17.7. The van der Waals surface area contributed by atoms with Gasteiger partial charge < -0.3 is 39.0 Å². The first-order chi connectivity index (χ1) is 30.1. The van der Waals surface area contributed by atoms with E-state index in [1.54, 1.807) is 60.4 Å². The van der Waals surface area contributed by atoms with Crippen molar-refractivity contribution in [3.05, 3.63) is 88.5 Å². The predicted octanol–water partition coefficient (Wildman–Crippen LogP) is 8.15. The van der Waals surface area contributed by atoms with Crippen molar-refractivity contribution in [2.45, 2.75) is 83.0 Å². The molecule has 0 spiro atoms. The van der Waals surface area contributed by atoms with Gasteiger partial charge in [-0.25, -0.2) is 18.6 Å². The number of hydrogen-bond donors (Lipinski definition) is 2. The second kappa shape index (κ2) is 15.9. The van der Waals surface area contributed by atoms with E-state index >= 15 is 22.0 Å². The minimum Gasteiger partial charge on any atom is -0.497 e. The van der Waals surface area contributed by atoms with E-state index in [1.807, 2.05) is 4.90 Å². The van der Waals surface area contributed by atoms with Crippen LogP contribution < -0.4 is 28.7 Å². The highest BCUT2D eigenvalue weighted by molar-refractivity contribution is 5.98. The summed E-state index contributed by atoms with van der Waals surface area (Å²) in [6.07, 6.45) is -4.71. The molecular weight excluding hydrogens is 832 g/mol. The summed E-state index contributed by atoms with van der Waals surface area (Å²) in [7, 11) is 3.02. The summed E-state index contributed by atoms with van der Waals surface area (Å²) in [6.45, 7) is 2.72. The number of nitrogens with zero attached hydrogens (tertiary/aromatic N) is 6. The average Bonchev–Trinajstić information content (AvgIpc) is 4.00. The lowest BCUT2D eigenvalue weighted by molar-refractivity contribution is -0.137. The number of methoxy groups -OCH3 is 2. The molecule has 3 aliphatic heterocycles. The Morgan fingerprint density at radius 3 is 2.14 bits per heavy atom. The molecule has 5 aromatic rings. The number of hydrogen-bond acceptors (Lipinski definition) is 11. The minimum absolute atomic E-state index is 0.00774. The predicted molar refractivity (Wildman–Crippen MR) is 220 cm³/mol. The number of benzene rings is 3. The Kier molecular flexibility index (Phi) is 10.6. The number of anilines is 2. The minimum atomic E-state index is -5.19. The standard InChI is InChI=1S/C45H45F5N6O7/c1-23-34(45(48,49)50)30(17-32(35(23)46)54(18-25-5-10-28(60-3)11-6-25)19-26-7-12-29(61-4)13-8-26)37-36(47)38-33-40(53-42(52-38)62-22-44(21-57)15-16-44)55-20-27-9-14-31(56(27)43(58)59)39(55)24(2)63-41(33)51-37/h5-8,10-13,17,24,27,31,39,57H,9,14-16,18-22H2,1-4H3,(H,58,59)/t24-,27+,31-,39+/m0/s1. The van der Waals surface area contributed by atoms with E-state index < -0.39 is 81.4 Å². The number of aliphatic hydroxyl groups is 1. The molecule has 2 bridgehead atoms. The fraction of sp³-hybridized carbons (Fsp3) is 0.422. The number of alkyl halides is 3. The molecule has 1 saturated carbocycles. The lowest BCUT2D eigenvalue weighted by atomic mass is 9.95. The van der Waals surface area contributed by atoms with Crippen LogP contribution in [0.3, 0.4) is 0 Å². The zero-order valence-corrected chi connectivity index (χ0v) is 34.9. The van der Waals surface area contributed by atoms with Crippen LogP contribution in [-0.4, -0.2) is 94.4 Å². The number of amides is 1. The van der Waals surface area contributed by atoms with Gasteiger partial charge in [0.15, 0.2) is 5.82 Å². The molecule has 3 aromatic carbocycles. The third-order valence-electron chi connectivity index (χ3n) is 12.9. The van der Waals surface area contributed by atoms with Gasteiger partial charge in [0.25, 0.3) is 0 Å². The van der Waals surface area contributed by atoms with Gasteiger partial charge in [-0.05, 0) is 86.6 Å². The molecule has 9 rings (SSSR count). The number of carbonyl (C=O) groups is 1. The second-order valence-corrected chi connectivity index (χ2v) is 16.8.